The topological polar surface area (TPSA) is 134 Å². The molecule has 0 fully saturated rings. The Morgan fingerprint density at radius 2 is 0.860 bits per heavy atom. The Hall–Kier alpha value is -0.990. The van der Waals surface area contributed by atoms with Crippen LogP contribution in [0.25, 0.3) is 0 Å². The standard InChI is InChI=1S/C40H80NO8P/c1-3-5-7-9-11-13-15-17-19-21-23-25-27-29-31-33-40(43)49-38(37-48-50(44,45)47-35-34-41)36-46-39(42)32-30-28-26-24-22-20-18-16-14-12-10-8-6-4-2/h38H,3-37,41H2,1-2H3,(H,44,45)/t38-/m0/s1. The Morgan fingerprint density at radius 1 is 0.520 bits per heavy atom. The number of ether oxygens (including phenoxy) is 2. The molecule has 0 saturated heterocycles. The van der Waals surface area contributed by atoms with E-state index in [1.54, 1.807) is 0 Å². The molecule has 298 valence electrons. The first kappa shape index (κ1) is 49.0. The second kappa shape index (κ2) is 37.8. The first-order chi connectivity index (χ1) is 24.3. The Labute approximate surface area is 307 Å². The third-order valence-electron chi connectivity index (χ3n) is 9.24. The smallest absolute Gasteiger partial charge is 0.462 e. The van der Waals surface area contributed by atoms with Gasteiger partial charge in [-0.25, -0.2) is 4.57 Å². The lowest BCUT2D eigenvalue weighted by molar-refractivity contribution is -0.161. The average molecular weight is 734 g/mol. The van der Waals surface area contributed by atoms with Crippen molar-refractivity contribution in [1.29, 1.82) is 0 Å². The van der Waals surface area contributed by atoms with Gasteiger partial charge in [0, 0.05) is 19.4 Å². The highest BCUT2D eigenvalue weighted by Gasteiger charge is 2.26. The van der Waals surface area contributed by atoms with Crippen LogP contribution in [0.3, 0.4) is 0 Å². The van der Waals surface area contributed by atoms with E-state index < -0.39 is 26.5 Å². The predicted octanol–water partition coefficient (Wildman–Crippen LogP) is 11.7. The second-order valence-corrected chi connectivity index (χ2v) is 15.7. The van der Waals surface area contributed by atoms with Gasteiger partial charge in [-0.05, 0) is 12.8 Å². The van der Waals surface area contributed by atoms with Gasteiger partial charge in [0.2, 0.25) is 0 Å². The molecular weight excluding hydrogens is 653 g/mol. The van der Waals surface area contributed by atoms with Crippen molar-refractivity contribution in [2.45, 2.75) is 219 Å². The fraction of sp³-hybridized carbons (Fsp3) is 0.950. The van der Waals surface area contributed by atoms with Gasteiger partial charge >= 0.3 is 19.8 Å². The molecule has 0 heterocycles. The zero-order valence-electron chi connectivity index (χ0n) is 32.7. The molecule has 2 atom stereocenters. The van der Waals surface area contributed by atoms with E-state index in [0.29, 0.717) is 6.42 Å². The first-order valence-corrected chi connectivity index (χ1v) is 22.5. The summed E-state index contributed by atoms with van der Waals surface area (Å²) < 4.78 is 32.7. The van der Waals surface area contributed by atoms with Crippen LogP contribution in [0.2, 0.25) is 0 Å². The molecule has 0 aromatic heterocycles. The van der Waals surface area contributed by atoms with Gasteiger partial charge in [-0.15, -0.1) is 0 Å². The van der Waals surface area contributed by atoms with Crippen molar-refractivity contribution in [1.82, 2.24) is 0 Å². The normalized spacial score (nSPS) is 13.3. The molecule has 1 unspecified atom stereocenters. The van der Waals surface area contributed by atoms with Crippen molar-refractivity contribution in [3.63, 3.8) is 0 Å². The highest BCUT2D eigenvalue weighted by molar-refractivity contribution is 7.47. The van der Waals surface area contributed by atoms with Gasteiger partial charge in [0.15, 0.2) is 6.10 Å². The number of hydrogen-bond acceptors (Lipinski definition) is 8. The van der Waals surface area contributed by atoms with Crippen LogP contribution in [0.1, 0.15) is 213 Å². The van der Waals surface area contributed by atoms with Crippen molar-refractivity contribution in [2.24, 2.45) is 5.73 Å². The zero-order chi connectivity index (χ0) is 36.8. The van der Waals surface area contributed by atoms with Crippen LogP contribution in [-0.4, -0.2) is 49.3 Å². The number of esters is 2. The lowest BCUT2D eigenvalue weighted by Gasteiger charge is -2.19. The average Bonchev–Trinajstić information content (AvgIpc) is 3.10. The molecule has 0 bridgehead atoms. The van der Waals surface area contributed by atoms with Crippen molar-refractivity contribution >= 4 is 19.8 Å². The Kier molecular flexibility index (Phi) is 37.0. The minimum atomic E-state index is -4.36. The number of nitrogens with two attached hydrogens (primary N) is 1. The van der Waals surface area contributed by atoms with Crippen molar-refractivity contribution in [2.75, 3.05) is 26.4 Å². The summed E-state index contributed by atoms with van der Waals surface area (Å²) in [5.41, 5.74) is 5.34. The molecule has 0 radical (unpaired) electrons. The van der Waals surface area contributed by atoms with Gasteiger partial charge in [0.25, 0.3) is 0 Å². The summed E-state index contributed by atoms with van der Waals surface area (Å²) in [7, 11) is -4.36. The number of phosphoric acid groups is 1. The van der Waals surface area contributed by atoms with Crippen LogP contribution in [0.4, 0.5) is 0 Å². The van der Waals surface area contributed by atoms with E-state index in [1.165, 1.54) is 148 Å². The number of carbonyl (C=O) groups excluding carboxylic acids is 2. The number of phosphoric ester groups is 1. The van der Waals surface area contributed by atoms with E-state index >= 15 is 0 Å². The lowest BCUT2D eigenvalue weighted by atomic mass is 10.0. The maximum atomic E-state index is 12.6. The maximum Gasteiger partial charge on any atom is 0.472 e. The van der Waals surface area contributed by atoms with Crippen LogP contribution < -0.4 is 5.73 Å². The van der Waals surface area contributed by atoms with E-state index in [4.69, 9.17) is 24.3 Å². The van der Waals surface area contributed by atoms with Gasteiger partial charge in [0.05, 0.1) is 13.2 Å². The molecule has 0 aliphatic carbocycles. The molecule has 0 rings (SSSR count). The Balaban J connectivity index is 4.13. The van der Waals surface area contributed by atoms with Crippen LogP contribution in [0, 0.1) is 0 Å². The largest absolute Gasteiger partial charge is 0.472 e. The molecule has 0 aromatic carbocycles. The molecule has 10 heteroatoms. The molecular formula is C40H80NO8P. The molecule has 3 N–H and O–H groups in total. The number of unbranched alkanes of at least 4 members (excludes halogenated alkanes) is 27. The summed E-state index contributed by atoms with van der Waals surface area (Å²) in [6.07, 6.45) is 35.5. The van der Waals surface area contributed by atoms with E-state index in [2.05, 4.69) is 13.8 Å². The summed E-state index contributed by atoms with van der Waals surface area (Å²) in [5.74, 6) is -0.814. The third-order valence-corrected chi connectivity index (χ3v) is 10.2. The summed E-state index contributed by atoms with van der Waals surface area (Å²) in [6, 6.07) is 0. The molecule has 0 spiro atoms. The monoisotopic (exact) mass is 734 g/mol. The van der Waals surface area contributed by atoms with E-state index in [1.807, 2.05) is 0 Å². The molecule has 0 amide bonds. The number of carbonyl (C=O) groups is 2. The minimum Gasteiger partial charge on any atom is -0.462 e. The third kappa shape index (κ3) is 36.8. The maximum absolute atomic E-state index is 12.6. The Morgan fingerprint density at radius 3 is 1.22 bits per heavy atom. The van der Waals surface area contributed by atoms with Gasteiger partial charge in [-0.3, -0.25) is 18.6 Å². The first-order valence-electron chi connectivity index (χ1n) is 21.0. The summed E-state index contributed by atoms with van der Waals surface area (Å²) >= 11 is 0. The molecule has 0 aliphatic rings. The van der Waals surface area contributed by atoms with Gasteiger partial charge < -0.3 is 20.1 Å². The highest BCUT2D eigenvalue weighted by atomic mass is 31.2. The van der Waals surface area contributed by atoms with Crippen molar-refractivity contribution in [3.05, 3.63) is 0 Å². The highest BCUT2D eigenvalue weighted by Crippen LogP contribution is 2.43. The number of hydrogen-bond donors (Lipinski definition) is 2. The van der Waals surface area contributed by atoms with Crippen molar-refractivity contribution < 1.29 is 37.6 Å². The van der Waals surface area contributed by atoms with Gasteiger partial charge in [-0.1, -0.05) is 187 Å². The summed E-state index contributed by atoms with van der Waals surface area (Å²) in [6.45, 7) is 3.76. The fourth-order valence-corrected chi connectivity index (χ4v) is 6.87. The molecule has 0 aliphatic heterocycles. The molecule has 0 saturated carbocycles. The molecule has 50 heavy (non-hydrogen) atoms. The quantitative estimate of drug-likeness (QED) is 0.0358. The van der Waals surface area contributed by atoms with Crippen molar-refractivity contribution in [3.8, 4) is 0 Å². The van der Waals surface area contributed by atoms with Crippen LogP contribution >= 0.6 is 7.82 Å². The van der Waals surface area contributed by atoms with Gasteiger partial charge in [-0.2, -0.15) is 0 Å². The molecule has 9 nitrogen and oxygen atoms in total. The van der Waals surface area contributed by atoms with Gasteiger partial charge in [0.1, 0.15) is 6.61 Å². The summed E-state index contributed by atoms with van der Waals surface area (Å²) in [4.78, 5) is 34.8. The SMILES string of the molecule is CCCCCCCCCCCCCCCCCC(=O)O[C@@H](COC(=O)CCCCCCCCCCCCCCCC)COP(=O)(O)OCCN. The fourth-order valence-electron chi connectivity index (χ4n) is 6.11. The lowest BCUT2D eigenvalue weighted by Crippen LogP contribution is -2.29. The van der Waals surface area contributed by atoms with Crippen LogP contribution in [0.15, 0.2) is 0 Å². The van der Waals surface area contributed by atoms with E-state index in [9.17, 15) is 19.0 Å². The van der Waals surface area contributed by atoms with Crippen LogP contribution in [0.5, 0.6) is 0 Å². The second-order valence-electron chi connectivity index (χ2n) is 14.2. The van der Waals surface area contributed by atoms with E-state index in [-0.39, 0.29) is 38.6 Å². The minimum absolute atomic E-state index is 0.0580. The molecule has 0 aromatic rings. The summed E-state index contributed by atoms with van der Waals surface area (Å²) in [5, 5.41) is 0. The Bertz CT molecular complexity index is 799. The number of rotatable bonds is 40. The predicted molar refractivity (Wildman–Crippen MR) is 206 cm³/mol. The van der Waals surface area contributed by atoms with Crippen LogP contribution in [-0.2, 0) is 32.7 Å². The van der Waals surface area contributed by atoms with E-state index in [0.717, 1.165) is 32.1 Å². The zero-order valence-corrected chi connectivity index (χ0v) is 33.6.